The average Bonchev–Trinajstić information content (AvgIpc) is 2.18. The number of carbonyl (C=O) groups excluding carboxylic acids is 1. The lowest BCUT2D eigenvalue weighted by atomic mass is 10.2. The van der Waals surface area contributed by atoms with E-state index in [9.17, 15) is 9.59 Å². The summed E-state index contributed by atoms with van der Waals surface area (Å²) in [5, 5.41) is 9.38. The predicted octanol–water partition coefficient (Wildman–Crippen LogP) is 2.16. The Morgan fingerprint density at radius 2 is 1.86 bits per heavy atom. The first-order chi connectivity index (χ1) is 6.70. The van der Waals surface area contributed by atoms with Crippen LogP contribution in [0, 0.1) is 0 Å². The van der Waals surface area contributed by atoms with E-state index in [-0.39, 0.29) is 5.12 Å². The second kappa shape index (κ2) is 5.24. The van der Waals surface area contributed by atoms with Gasteiger partial charge in [0.1, 0.15) is 0 Å². The lowest BCUT2D eigenvalue weighted by Crippen LogP contribution is -1.91. The SMILES string of the molecule is O=C(O)/C=C/SC(=O)c1ccccc1. The Morgan fingerprint density at radius 3 is 2.43 bits per heavy atom. The summed E-state index contributed by atoms with van der Waals surface area (Å²) >= 11 is 0.858. The van der Waals surface area contributed by atoms with Gasteiger partial charge in [-0.2, -0.15) is 0 Å². The molecule has 0 aliphatic carbocycles. The highest BCUT2D eigenvalue weighted by atomic mass is 32.2. The molecular formula is C10H8O3S. The van der Waals surface area contributed by atoms with Crippen LogP contribution in [0.1, 0.15) is 10.4 Å². The zero-order chi connectivity index (χ0) is 10.4. The summed E-state index contributed by atoms with van der Waals surface area (Å²) in [6.07, 6.45) is 0.936. The number of benzene rings is 1. The number of carboxylic acid groups (broad SMARTS) is 1. The number of aliphatic carboxylic acids is 1. The fourth-order valence-corrected chi connectivity index (χ4v) is 1.38. The maximum atomic E-state index is 11.3. The Morgan fingerprint density at radius 1 is 1.21 bits per heavy atom. The first-order valence-corrected chi connectivity index (χ1v) is 4.73. The summed E-state index contributed by atoms with van der Waals surface area (Å²) in [5.41, 5.74) is 0.563. The smallest absolute Gasteiger partial charge is 0.328 e. The molecule has 0 aliphatic heterocycles. The monoisotopic (exact) mass is 208 g/mol. The van der Waals surface area contributed by atoms with Crippen molar-refractivity contribution in [2.24, 2.45) is 0 Å². The Labute approximate surface area is 85.4 Å². The normalized spacial score (nSPS) is 10.3. The molecule has 0 radical (unpaired) electrons. The van der Waals surface area contributed by atoms with Crippen LogP contribution in [0.2, 0.25) is 0 Å². The van der Waals surface area contributed by atoms with Gasteiger partial charge < -0.3 is 5.11 Å². The minimum absolute atomic E-state index is 0.164. The van der Waals surface area contributed by atoms with Gasteiger partial charge in [0.15, 0.2) is 0 Å². The first kappa shape index (κ1) is 10.5. The van der Waals surface area contributed by atoms with Gasteiger partial charge in [0.2, 0.25) is 5.12 Å². The van der Waals surface area contributed by atoms with Crippen molar-refractivity contribution in [3.05, 3.63) is 47.4 Å². The van der Waals surface area contributed by atoms with E-state index in [1.807, 2.05) is 6.07 Å². The number of thioether (sulfide) groups is 1. The quantitative estimate of drug-likeness (QED) is 0.773. The molecule has 0 amide bonds. The second-order valence-corrected chi connectivity index (χ2v) is 3.29. The van der Waals surface area contributed by atoms with Gasteiger partial charge in [-0.25, -0.2) is 4.79 Å². The molecule has 4 heteroatoms. The van der Waals surface area contributed by atoms with Crippen LogP contribution in [0.3, 0.4) is 0 Å². The van der Waals surface area contributed by atoms with Crippen molar-refractivity contribution in [2.75, 3.05) is 0 Å². The largest absolute Gasteiger partial charge is 0.478 e. The highest BCUT2D eigenvalue weighted by Crippen LogP contribution is 2.12. The van der Waals surface area contributed by atoms with E-state index in [1.165, 1.54) is 5.41 Å². The topological polar surface area (TPSA) is 54.4 Å². The van der Waals surface area contributed by atoms with E-state index >= 15 is 0 Å². The average molecular weight is 208 g/mol. The van der Waals surface area contributed by atoms with Crippen molar-refractivity contribution in [2.45, 2.75) is 0 Å². The maximum Gasteiger partial charge on any atom is 0.328 e. The van der Waals surface area contributed by atoms with Gasteiger partial charge in [-0.05, 0) is 5.41 Å². The number of rotatable bonds is 3. The summed E-state index contributed by atoms with van der Waals surface area (Å²) in [5.74, 6) is -1.06. The summed E-state index contributed by atoms with van der Waals surface area (Å²) in [6, 6.07) is 8.70. The van der Waals surface area contributed by atoms with Gasteiger partial charge in [-0.1, -0.05) is 42.1 Å². The van der Waals surface area contributed by atoms with Crippen LogP contribution in [0.25, 0.3) is 0 Å². The minimum atomic E-state index is -1.06. The molecule has 1 aromatic rings. The molecule has 0 atom stereocenters. The fraction of sp³-hybridized carbons (Fsp3) is 0. The van der Waals surface area contributed by atoms with Crippen LogP contribution in [0.15, 0.2) is 41.8 Å². The molecule has 3 nitrogen and oxygen atoms in total. The minimum Gasteiger partial charge on any atom is -0.478 e. The number of carboxylic acids is 1. The van der Waals surface area contributed by atoms with E-state index in [1.54, 1.807) is 24.3 Å². The third kappa shape index (κ3) is 3.45. The van der Waals surface area contributed by atoms with E-state index in [0.29, 0.717) is 5.56 Å². The third-order valence-corrected chi connectivity index (χ3v) is 2.12. The van der Waals surface area contributed by atoms with Crippen LogP contribution in [-0.2, 0) is 4.79 Å². The molecule has 0 bridgehead atoms. The first-order valence-electron chi connectivity index (χ1n) is 3.85. The molecule has 0 saturated heterocycles. The van der Waals surface area contributed by atoms with Crippen LogP contribution >= 0.6 is 11.8 Å². The summed E-state index contributed by atoms with van der Waals surface area (Å²) in [4.78, 5) is 21.5. The molecule has 72 valence electrons. The van der Waals surface area contributed by atoms with Crippen LogP contribution < -0.4 is 0 Å². The zero-order valence-electron chi connectivity index (χ0n) is 7.21. The molecule has 14 heavy (non-hydrogen) atoms. The van der Waals surface area contributed by atoms with Crippen LogP contribution in [0.5, 0.6) is 0 Å². The number of carbonyl (C=O) groups is 2. The lowest BCUT2D eigenvalue weighted by Gasteiger charge is -1.94. The van der Waals surface area contributed by atoms with E-state index in [0.717, 1.165) is 17.8 Å². The van der Waals surface area contributed by atoms with Gasteiger partial charge in [-0.15, -0.1) is 0 Å². The maximum absolute atomic E-state index is 11.3. The molecule has 0 unspecified atom stereocenters. The highest BCUT2D eigenvalue weighted by molar-refractivity contribution is 8.16. The van der Waals surface area contributed by atoms with Crippen molar-refractivity contribution in [3.63, 3.8) is 0 Å². The molecule has 0 spiro atoms. The van der Waals surface area contributed by atoms with E-state index in [4.69, 9.17) is 5.11 Å². The molecule has 0 heterocycles. The van der Waals surface area contributed by atoms with Crippen LogP contribution in [0.4, 0.5) is 0 Å². The number of hydrogen-bond acceptors (Lipinski definition) is 3. The Bertz CT molecular complexity index is 357. The second-order valence-electron chi connectivity index (χ2n) is 2.41. The van der Waals surface area contributed by atoms with Crippen molar-refractivity contribution < 1.29 is 14.7 Å². The van der Waals surface area contributed by atoms with Crippen molar-refractivity contribution >= 4 is 22.8 Å². The van der Waals surface area contributed by atoms with Gasteiger partial charge in [0.05, 0.1) is 0 Å². The van der Waals surface area contributed by atoms with Crippen LogP contribution in [-0.4, -0.2) is 16.2 Å². The summed E-state index contributed by atoms with van der Waals surface area (Å²) in [6.45, 7) is 0. The van der Waals surface area contributed by atoms with Crippen molar-refractivity contribution in [1.82, 2.24) is 0 Å². The van der Waals surface area contributed by atoms with Gasteiger partial charge in [-0.3, -0.25) is 4.79 Å². The van der Waals surface area contributed by atoms with Crippen molar-refractivity contribution in [1.29, 1.82) is 0 Å². The standard InChI is InChI=1S/C10H8O3S/c11-9(12)6-7-14-10(13)8-4-2-1-3-5-8/h1-7H,(H,11,12)/b7-6+. The van der Waals surface area contributed by atoms with Crippen molar-refractivity contribution in [3.8, 4) is 0 Å². The van der Waals surface area contributed by atoms with Gasteiger partial charge in [0, 0.05) is 11.6 Å². The van der Waals surface area contributed by atoms with E-state index < -0.39 is 5.97 Å². The Kier molecular flexibility index (Phi) is 3.94. The third-order valence-electron chi connectivity index (χ3n) is 1.40. The molecule has 1 rings (SSSR count). The molecular weight excluding hydrogens is 200 g/mol. The zero-order valence-corrected chi connectivity index (χ0v) is 8.03. The Balaban J connectivity index is 2.56. The Hall–Kier alpha value is -1.55. The molecule has 0 aliphatic rings. The molecule has 1 aromatic carbocycles. The van der Waals surface area contributed by atoms with Gasteiger partial charge >= 0.3 is 5.97 Å². The molecule has 0 fully saturated rings. The highest BCUT2D eigenvalue weighted by Gasteiger charge is 2.02. The number of hydrogen-bond donors (Lipinski definition) is 1. The summed E-state index contributed by atoms with van der Waals surface area (Å²) in [7, 11) is 0. The lowest BCUT2D eigenvalue weighted by molar-refractivity contribution is -0.131. The predicted molar refractivity (Wildman–Crippen MR) is 55.1 cm³/mol. The summed E-state index contributed by atoms with van der Waals surface area (Å²) < 4.78 is 0. The van der Waals surface area contributed by atoms with E-state index in [2.05, 4.69) is 0 Å². The fourth-order valence-electron chi connectivity index (χ4n) is 0.796. The molecule has 0 aromatic heterocycles. The molecule has 1 N–H and O–H groups in total. The van der Waals surface area contributed by atoms with Gasteiger partial charge in [0.25, 0.3) is 0 Å². The molecule has 0 saturated carbocycles.